The molecule has 80 valence electrons. The van der Waals surface area contributed by atoms with Gasteiger partial charge in [0.05, 0.1) is 7.11 Å². The third-order valence-corrected chi connectivity index (χ3v) is 1.99. The lowest BCUT2D eigenvalue weighted by Gasteiger charge is -2.10. The van der Waals surface area contributed by atoms with Gasteiger partial charge in [0.1, 0.15) is 18.1 Å². The van der Waals surface area contributed by atoms with Crippen LogP contribution in [0.2, 0.25) is 0 Å². The van der Waals surface area contributed by atoms with E-state index in [9.17, 15) is 0 Å². The second-order valence-electron chi connectivity index (χ2n) is 3.01. The molecule has 0 heterocycles. The Bertz CT molecular complexity index is 355. The number of benzene rings is 1. The van der Waals surface area contributed by atoms with E-state index in [4.69, 9.17) is 21.6 Å². The van der Waals surface area contributed by atoms with Gasteiger partial charge in [-0.2, -0.15) is 0 Å². The third kappa shape index (κ3) is 3.19. The van der Waals surface area contributed by atoms with Crippen molar-refractivity contribution in [3.05, 3.63) is 23.8 Å². The summed E-state index contributed by atoms with van der Waals surface area (Å²) < 4.78 is 10.5. The summed E-state index contributed by atoms with van der Waals surface area (Å²) in [5.74, 6) is 4.00. The van der Waals surface area contributed by atoms with Crippen molar-refractivity contribution < 1.29 is 9.47 Å². The lowest BCUT2D eigenvalue weighted by Crippen LogP contribution is -2.05. The Balaban J connectivity index is 2.88. The Labute approximate surface area is 90.2 Å². The highest BCUT2D eigenvalue weighted by atomic mass is 16.5. The van der Waals surface area contributed by atoms with E-state index in [0.29, 0.717) is 6.54 Å². The normalized spacial score (nSPS) is 9.40. The Morgan fingerprint density at radius 2 is 2.27 bits per heavy atom. The van der Waals surface area contributed by atoms with Crippen molar-refractivity contribution in [3.63, 3.8) is 0 Å². The van der Waals surface area contributed by atoms with Crippen LogP contribution in [0.1, 0.15) is 5.56 Å². The molecule has 0 aromatic heterocycles. The molecule has 15 heavy (non-hydrogen) atoms. The molecule has 0 atom stereocenters. The van der Waals surface area contributed by atoms with E-state index >= 15 is 0 Å². The van der Waals surface area contributed by atoms with Crippen molar-refractivity contribution in [2.75, 3.05) is 20.3 Å². The summed E-state index contributed by atoms with van der Waals surface area (Å²) in [7, 11) is 1.63. The van der Waals surface area contributed by atoms with Crippen molar-refractivity contribution in [2.24, 2.45) is 5.73 Å². The minimum absolute atomic E-state index is 0.268. The second kappa shape index (κ2) is 5.94. The highest BCUT2D eigenvalue weighted by Gasteiger charge is 2.04. The first kappa shape index (κ1) is 11.4. The summed E-state index contributed by atoms with van der Waals surface area (Å²) in [5.41, 5.74) is 6.53. The molecule has 1 aromatic carbocycles. The number of rotatable bonds is 5. The Morgan fingerprint density at radius 3 is 2.87 bits per heavy atom. The van der Waals surface area contributed by atoms with Crippen molar-refractivity contribution in [2.45, 2.75) is 6.42 Å². The molecule has 0 unspecified atom stereocenters. The first-order valence-corrected chi connectivity index (χ1v) is 4.75. The molecule has 0 bridgehead atoms. The van der Waals surface area contributed by atoms with Crippen LogP contribution in [0.4, 0.5) is 0 Å². The Morgan fingerprint density at radius 1 is 1.47 bits per heavy atom. The molecule has 3 nitrogen and oxygen atoms in total. The van der Waals surface area contributed by atoms with Gasteiger partial charge < -0.3 is 15.2 Å². The highest BCUT2D eigenvalue weighted by Crippen LogP contribution is 2.24. The fraction of sp³-hybridized carbons (Fsp3) is 0.333. The minimum Gasteiger partial charge on any atom is -0.497 e. The third-order valence-electron chi connectivity index (χ3n) is 1.99. The molecule has 1 aromatic rings. The molecule has 0 aliphatic rings. The Kier molecular flexibility index (Phi) is 4.52. The van der Waals surface area contributed by atoms with Gasteiger partial charge in [-0.1, -0.05) is 5.92 Å². The maximum absolute atomic E-state index is 5.51. The molecule has 0 aliphatic carbocycles. The molecular formula is C12H15NO2. The van der Waals surface area contributed by atoms with Gasteiger partial charge in [-0.3, -0.25) is 0 Å². The fourth-order valence-corrected chi connectivity index (χ4v) is 1.29. The zero-order chi connectivity index (χ0) is 11.1. The quantitative estimate of drug-likeness (QED) is 0.735. The smallest absolute Gasteiger partial charge is 0.148 e. The first-order chi connectivity index (χ1) is 7.31. The van der Waals surface area contributed by atoms with E-state index < -0.39 is 0 Å². The molecule has 0 fully saturated rings. The van der Waals surface area contributed by atoms with Crippen molar-refractivity contribution in [3.8, 4) is 23.8 Å². The summed E-state index contributed by atoms with van der Waals surface area (Å²) in [6.45, 7) is 0.837. The molecule has 0 radical (unpaired) electrons. The number of ether oxygens (including phenoxy) is 2. The molecule has 3 heteroatoms. The van der Waals surface area contributed by atoms with Gasteiger partial charge in [0.2, 0.25) is 0 Å². The van der Waals surface area contributed by atoms with Gasteiger partial charge in [0, 0.05) is 0 Å². The van der Waals surface area contributed by atoms with Crippen molar-refractivity contribution in [1.29, 1.82) is 0 Å². The van der Waals surface area contributed by atoms with Crippen LogP contribution >= 0.6 is 0 Å². The maximum Gasteiger partial charge on any atom is 0.148 e. The number of terminal acetylenes is 1. The SMILES string of the molecule is C#CCOc1ccc(OC)cc1CCN. The van der Waals surface area contributed by atoms with Crippen molar-refractivity contribution >= 4 is 0 Å². The van der Waals surface area contributed by atoms with Gasteiger partial charge in [-0.15, -0.1) is 6.42 Å². The average molecular weight is 205 g/mol. The first-order valence-electron chi connectivity index (χ1n) is 4.75. The molecule has 0 saturated heterocycles. The van der Waals surface area contributed by atoms with Crippen LogP contribution in [0, 0.1) is 12.3 Å². The zero-order valence-corrected chi connectivity index (χ0v) is 8.82. The van der Waals surface area contributed by atoms with Crippen LogP contribution < -0.4 is 15.2 Å². The molecule has 0 spiro atoms. The lowest BCUT2D eigenvalue weighted by atomic mass is 10.1. The molecule has 2 N–H and O–H groups in total. The summed E-state index contributed by atoms with van der Waals surface area (Å²) in [5, 5.41) is 0. The van der Waals surface area contributed by atoms with E-state index in [-0.39, 0.29) is 6.61 Å². The van der Waals surface area contributed by atoms with E-state index in [1.807, 2.05) is 18.2 Å². The zero-order valence-electron chi connectivity index (χ0n) is 8.82. The molecule has 0 aliphatic heterocycles. The number of methoxy groups -OCH3 is 1. The van der Waals surface area contributed by atoms with Gasteiger partial charge in [0.15, 0.2) is 0 Å². The standard InChI is InChI=1S/C12H15NO2/c1-3-8-15-12-5-4-11(14-2)9-10(12)6-7-13/h1,4-5,9H,6-8,13H2,2H3. The van der Waals surface area contributed by atoms with Crippen LogP contribution in [-0.2, 0) is 6.42 Å². The fourth-order valence-electron chi connectivity index (χ4n) is 1.29. The number of nitrogens with two attached hydrogens (primary N) is 1. The van der Waals surface area contributed by atoms with Gasteiger partial charge in [-0.25, -0.2) is 0 Å². The van der Waals surface area contributed by atoms with E-state index in [1.165, 1.54) is 0 Å². The predicted octanol–water partition coefficient (Wildman–Crippen LogP) is 1.21. The van der Waals surface area contributed by atoms with Crippen LogP contribution in [0.3, 0.4) is 0 Å². The number of hydrogen-bond donors (Lipinski definition) is 1. The summed E-state index contributed by atoms with van der Waals surface area (Å²) in [6.07, 6.45) is 5.88. The molecule has 0 saturated carbocycles. The van der Waals surface area contributed by atoms with E-state index in [2.05, 4.69) is 5.92 Å². The maximum atomic E-state index is 5.51. The lowest BCUT2D eigenvalue weighted by molar-refractivity contribution is 0.363. The summed E-state index contributed by atoms with van der Waals surface area (Å²) in [4.78, 5) is 0. The summed E-state index contributed by atoms with van der Waals surface area (Å²) >= 11 is 0. The molecular weight excluding hydrogens is 190 g/mol. The average Bonchev–Trinajstić information content (AvgIpc) is 2.27. The van der Waals surface area contributed by atoms with Crippen molar-refractivity contribution in [1.82, 2.24) is 0 Å². The second-order valence-corrected chi connectivity index (χ2v) is 3.01. The van der Waals surface area contributed by atoms with Gasteiger partial charge >= 0.3 is 0 Å². The Hall–Kier alpha value is -1.66. The monoisotopic (exact) mass is 205 g/mol. The van der Waals surface area contributed by atoms with E-state index in [0.717, 1.165) is 23.5 Å². The van der Waals surface area contributed by atoms with Crippen LogP contribution in [-0.4, -0.2) is 20.3 Å². The summed E-state index contributed by atoms with van der Waals surface area (Å²) in [6, 6.07) is 5.60. The largest absolute Gasteiger partial charge is 0.497 e. The minimum atomic E-state index is 0.268. The van der Waals surface area contributed by atoms with E-state index in [1.54, 1.807) is 7.11 Å². The predicted molar refractivity (Wildman–Crippen MR) is 60.1 cm³/mol. The van der Waals surface area contributed by atoms with Gasteiger partial charge in [0.25, 0.3) is 0 Å². The van der Waals surface area contributed by atoms with Crippen LogP contribution in [0.25, 0.3) is 0 Å². The van der Waals surface area contributed by atoms with Gasteiger partial charge in [-0.05, 0) is 36.7 Å². The topological polar surface area (TPSA) is 44.5 Å². The van der Waals surface area contributed by atoms with Crippen LogP contribution in [0.5, 0.6) is 11.5 Å². The molecule has 1 rings (SSSR count). The van der Waals surface area contributed by atoms with Crippen LogP contribution in [0.15, 0.2) is 18.2 Å². The highest BCUT2D eigenvalue weighted by molar-refractivity contribution is 5.40. The number of hydrogen-bond acceptors (Lipinski definition) is 3. The molecule has 0 amide bonds.